The van der Waals surface area contributed by atoms with Gasteiger partial charge in [-0.15, -0.1) is 0 Å². The molecule has 3 nitrogen and oxygen atoms in total. The predicted octanol–water partition coefficient (Wildman–Crippen LogP) is 4.92. The monoisotopic (exact) mass is 337 g/mol. The second-order valence-corrected chi connectivity index (χ2v) is 5.24. The molecule has 0 radical (unpaired) electrons. The van der Waals surface area contributed by atoms with Crippen LogP contribution < -0.4 is 4.74 Å². The van der Waals surface area contributed by atoms with Gasteiger partial charge in [0.05, 0.1) is 12.1 Å². The van der Waals surface area contributed by atoms with Crippen LogP contribution in [0.4, 0.5) is 0 Å². The Kier molecular flexibility index (Phi) is 3.21. The minimum absolute atomic E-state index is 0.539. The highest BCUT2D eigenvalue weighted by molar-refractivity contribution is 9.10. The van der Waals surface area contributed by atoms with Gasteiger partial charge in [0.1, 0.15) is 11.3 Å². The van der Waals surface area contributed by atoms with Gasteiger partial charge >= 0.3 is 0 Å². The summed E-state index contributed by atoms with van der Waals surface area (Å²) in [6, 6.07) is 11.1. The highest BCUT2D eigenvalue weighted by Crippen LogP contribution is 2.31. The number of methoxy groups -OCH3 is 1. The van der Waals surface area contributed by atoms with Gasteiger partial charge in [0.25, 0.3) is 0 Å². The van der Waals surface area contributed by atoms with E-state index < -0.39 is 0 Å². The van der Waals surface area contributed by atoms with Crippen LogP contribution in [0.25, 0.3) is 22.6 Å². The van der Waals surface area contributed by atoms with E-state index in [0.29, 0.717) is 10.9 Å². The Balaban J connectivity index is 2.11. The van der Waals surface area contributed by atoms with Crippen LogP contribution in [0.2, 0.25) is 5.02 Å². The number of benzene rings is 2. The Labute approximate surface area is 123 Å². The number of oxazole rings is 1. The SMILES string of the molecule is COc1ccc2oc(-c3ccc(Br)c(Cl)c3)nc2c1. The van der Waals surface area contributed by atoms with Crippen LogP contribution in [0.1, 0.15) is 0 Å². The van der Waals surface area contributed by atoms with Crippen molar-refractivity contribution in [1.29, 1.82) is 0 Å². The minimum atomic E-state index is 0.539. The Morgan fingerprint density at radius 3 is 2.79 bits per heavy atom. The molecule has 3 rings (SSSR count). The first-order chi connectivity index (χ1) is 9.17. The van der Waals surface area contributed by atoms with Crippen molar-refractivity contribution in [3.8, 4) is 17.2 Å². The standard InChI is InChI=1S/C14H9BrClNO2/c1-18-9-3-5-13-12(7-9)17-14(19-13)8-2-4-10(15)11(16)6-8/h2-7H,1H3. The summed E-state index contributed by atoms with van der Waals surface area (Å²) in [7, 11) is 1.62. The molecule has 1 aromatic heterocycles. The highest BCUT2D eigenvalue weighted by atomic mass is 79.9. The molecule has 1 heterocycles. The Hall–Kier alpha value is -1.52. The number of rotatable bonds is 2. The number of aromatic nitrogens is 1. The van der Waals surface area contributed by atoms with Gasteiger partial charge in [-0.3, -0.25) is 0 Å². The maximum atomic E-state index is 6.07. The molecular weight excluding hydrogens is 330 g/mol. The molecule has 0 spiro atoms. The van der Waals surface area contributed by atoms with Gasteiger partial charge < -0.3 is 9.15 Å². The van der Waals surface area contributed by atoms with Crippen molar-refractivity contribution in [2.75, 3.05) is 7.11 Å². The smallest absolute Gasteiger partial charge is 0.227 e. The van der Waals surface area contributed by atoms with Gasteiger partial charge in [0.15, 0.2) is 5.58 Å². The molecule has 0 N–H and O–H groups in total. The zero-order valence-corrected chi connectivity index (χ0v) is 12.3. The Morgan fingerprint density at radius 2 is 2.05 bits per heavy atom. The fourth-order valence-electron chi connectivity index (χ4n) is 1.79. The van der Waals surface area contributed by atoms with Crippen molar-refractivity contribution in [3.05, 3.63) is 45.9 Å². The molecule has 96 valence electrons. The number of halogens is 2. The molecule has 0 bridgehead atoms. The number of hydrogen-bond donors (Lipinski definition) is 0. The molecular formula is C14H9BrClNO2. The van der Waals surface area contributed by atoms with Crippen LogP contribution in [-0.4, -0.2) is 12.1 Å². The second kappa shape index (κ2) is 4.87. The van der Waals surface area contributed by atoms with Crippen LogP contribution in [-0.2, 0) is 0 Å². The van der Waals surface area contributed by atoms with Gasteiger partial charge in [-0.2, -0.15) is 0 Å². The minimum Gasteiger partial charge on any atom is -0.497 e. The summed E-state index contributed by atoms with van der Waals surface area (Å²) in [6.45, 7) is 0. The molecule has 3 aromatic rings. The van der Waals surface area contributed by atoms with E-state index in [1.54, 1.807) is 7.11 Å². The molecule has 0 aliphatic carbocycles. The van der Waals surface area contributed by atoms with Crippen LogP contribution in [0.15, 0.2) is 45.3 Å². The predicted molar refractivity (Wildman–Crippen MR) is 78.7 cm³/mol. The Morgan fingerprint density at radius 1 is 1.21 bits per heavy atom. The van der Waals surface area contributed by atoms with Crippen LogP contribution in [0.3, 0.4) is 0 Å². The molecule has 0 saturated heterocycles. The van der Waals surface area contributed by atoms with Crippen LogP contribution in [0.5, 0.6) is 5.75 Å². The lowest BCUT2D eigenvalue weighted by Gasteiger charge is -1.98. The first kappa shape index (κ1) is 12.5. The maximum Gasteiger partial charge on any atom is 0.227 e. The normalized spacial score (nSPS) is 10.9. The molecule has 0 unspecified atom stereocenters. The van der Waals surface area contributed by atoms with E-state index in [1.165, 1.54) is 0 Å². The third-order valence-corrected chi connectivity index (χ3v) is 3.99. The summed E-state index contributed by atoms with van der Waals surface area (Å²) in [6.07, 6.45) is 0. The maximum absolute atomic E-state index is 6.07. The van der Waals surface area contributed by atoms with Crippen LogP contribution in [0, 0.1) is 0 Å². The van der Waals surface area contributed by atoms with Crippen molar-refractivity contribution in [2.24, 2.45) is 0 Å². The van der Waals surface area contributed by atoms with E-state index in [1.807, 2.05) is 36.4 Å². The van der Waals surface area contributed by atoms with E-state index in [9.17, 15) is 0 Å². The molecule has 0 aliphatic heterocycles. The summed E-state index contributed by atoms with van der Waals surface area (Å²) in [4.78, 5) is 4.44. The lowest BCUT2D eigenvalue weighted by molar-refractivity contribution is 0.415. The summed E-state index contributed by atoms with van der Waals surface area (Å²) in [5, 5.41) is 0.623. The zero-order valence-electron chi connectivity index (χ0n) is 9.98. The molecule has 0 atom stereocenters. The fraction of sp³-hybridized carbons (Fsp3) is 0.0714. The van der Waals surface area contributed by atoms with Crippen molar-refractivity contribution in [1.82, 2.24) is 4.98 Å². The Bertz CT molecular complexity index is 754. The summed E-state index contributed by atoms with van der Waals surface area (Å²) in [5.41, 5.74) is 2.31. The fourth-order valence-corrected chi connectivity index (χ4v) is 2.21. The van der Waals surface area contributed by atoms with Gasteiger partial charge in [0, 0.05) is 16.1 Å². The van der Waals surface area contributed by atoms with Crippen molar-refractivity contribution >= 4 is 38.6 Å². The first-order valence-electron chi connectivity index (χ1n) is 5.57. The second-order valence-electron chi connectivity index (χ2n) is 3.98. The van der Waals surface area contributed by atoms with Crippen molar-refractivity contribution in [2.45, 2.75) is 0 Å². The molecule has 0 aliphatic rings. The number of ether oxygens (including phenoxy) is 1. The lowest BCUT2D eigenvalue weighted by atomic mass is 10.2. The van der Waals surface area contributed by atoms with Crippen molar-refractivity contribution < 1.29 is 9.15 Å². The van der Waals surface area contributed by atoms with Gasteiger partial charge in [-0.25, -0.2) is 4.98 Å². The third kappa shape index (κ3) is 2.33. The van der Waals surface area contributed by atoms with E-state index >= 15 is 0 Å². The van der Waals surface area contributed by atoms with Crippen LogP contribution >= 0.6 is 27.5 Å². The zero-order chi connectivity index (χ0) is 13.4. The average Bonchev–Trinajstić information content (AvgIpc) is 2.84. The molecule has 2 aromatic carbocycles. The summed E-state index contributed by atoms with van der Waals surface area (Å²) >= 11 is 9.43. The van der Waals surface area contributed by atoms with Gasteiger partial charge in [-0.05, 0) is 46.3 Å². The average molecular weight is 339 g/mol. The van der Waals surface area contributed by atoms with E-state index in [2.05, 4.69) is 20.9 Å². The third-order valence-electron chi connectivity index (χ3n) is 2.76. The van der Waals surface area contributed by atoms with Gasteiger partial charge in [0.2, 0.25) is 5.89 Å². The van der Waals surface area contributed by atoms with E-state index in [-0.39, 0.29) is 0 Å². The van der Waals surface area contributed by atoms with E-state index in [0.717, 1.165) is 26.9 Å². The lowest BCUT2D eigenvalue weighted by Crippen LogP contribution is -1.81. The summed E-state index contributed by atoms with van der Waals surface area (Å²) < 4.78 is 11.7. The molecule has 0 fully saturated rings. The number of fused-ring (bicyclic) bond motifs is 1. The number of hydrogen-bond acceptors (Lipinski definition) is 3. The molecule has 19 heavy (non-hydrogen) atoms. The quantitative estimate of drug-likeness (QED) is 0.665. The molecule has 5 heteroatoms. The summed E-state index contributed by atoms with van der Waals surface area (Å²) in [5.74, 6) is 1.29. The van der Waals surface area contributed by atoms with Crippen molar-refractivity contribution in [3.63, 3.8) is 0 Å². The first-order valence-corrected chi connectivity index (χ1v) is 6.74. The highest BCUT2D eigenvalue weighted by Gasteiger charge is 2.10. The number of nitrogens with zero attached hydrogens (tertiary/aromatic N) is 1. The van der Waals surface area contributed by atoms with E-state index in [4.69, 9.17) is 20.8 Å². The topological polar surface area (TPSA) is 35.3 Å². The molecule has 0 saturated carbocycles. The largest absolute Gasteiger partial charge is 0.497 e. The molecule has 0 amide bonds. The van der Waals surface area contributed by atoms with Gasteiger partial charge in [-0.1, -0.05) is 11.6 Å².